The molecule has 0 fully saturated rings. The summed E-state index contributed by atoms with van der Waals surface area (Å²) in [6, 6.07) is 57.8. The molecule has 0 amide bonds. The van der Waals surface area contributed by atoms with E-state index in [1.54, 1.807) is 4.57 Å². The first-order chi connectivity index (χ1) is 25.7. The number of imidazole rings is 1. The maximum Gasteiger partial charge on any atom is 0.333 e. The van der Waals surface area contributed by atoms with E-state index in [1.165, 1.54) is 0 Å². The van der Waals surface area contributed by atoms with E-state index in [2.05, 4.69) is 121 Å². The van der Waals surface area contributed by atoms with Crippen molar-refractivity contribution in [3.63, 3.8) is 0 Å². The van der Waals surface area contributed by atoms with Gasteiger partial charge in [-0.05, 0) is 62.4 Å². The zero-order valence-corrected chi connectivity index (χ0v) is 29.0. The van der Waals surface area contributed by atoms with Crippen LogP contribution in [0.25, 0.3) is 28.2 Å². The Morgan fingerprint density at radius 2 is 1.12 bits per heavy atom. The topological polar surface area (TPSA) is 70.5 Å². The molecule has 7 heteroatoms. The highest BCUT2D eigenvalue weighted by Gasteiger charge is 2.42. The maximum absolute atomic E-state index is 13.7. The van der Waals surface area contributed by atoms with Gasteiger partial charge in [-0.15, -0.1) is 5.10 Å². The largest absolute Gasteiger partial charge is 0.333 e. The Bertz CT molecular complexity index is 2350. The first-order valence-corrected chi connectivity index (χ1v) is 17.7. The summed E-state index contributed by atoms with van der Waals surface area (Å²) in [5.41, 5.74) is 8.12. The highest BCUT2D eigenvalue weighted by molar-refractivity contribution is 5.81. The van der Waals surface area contributed by atoms with E-state index in [9.17, 15) is 4.79 Å². The smallest absolute Gasteiger partial charge is 0.292 e. The van der Waals surface area contributed by atoms with Gasteiger partial charge in [0.25, 0.3) is 0 Å². The number of nitrogens with zero attached hydrogens (tertiary/aromatic N) is 6. The van der Waals surface area contributed by atoms with E-state index >= 15 is 0 Å². The summed E-state index contributed by atoms with van der Waals surface area (Å²) in [5, 5.41) is 13.8. The van der Waals surface area contributed by atoms with Crippen LogP contribution in [0, 0.1) is 0 Å². The van der Waals surface area contributed by atoms with Crippen LogP contribution in [0.3, 0.4) is 0 Å². The Morgan fingerprint density at radius 1 is 0.596 bits per heavy atom. The van der Waals surface area contributed by atoms with E-state index in [1.807, 2.05) is 76.1 Å². The van der Waals surface area contributed by atoms with E-state index < -0.39 is 5.54 Å². The van der Waals surface area contributed by atoms with E-state index in [0.717, 1.165) is 63.2 Å². The van der Waals surface area contributed by atoms with Crippen LogP contribution >= 0.6 is 0 Å². The van der Waals surface area contributed by atoms with Crippen LogP contribution in [0.1, 0.15) is 41.3 Å². The summed E-state index contributed by atoms with van der Waals surface area (Å²) in [4.78, 5) is 13.7. The first-order valence-electron chi connectivity index (χ1n) is 17.7. The van der Waals surface area contributed by atoms with Gasteiger partial charge in [-0.3, -0.25) is 9.13 Å². The van der Waals surface area contributed by atoms with Crippen molar-refractivity contribution < 1.29 is 0 Å². The Hall–Kier alpha value is -6.60. The van der Waals surface area contributed by atoms with Gasteiger partial charge in [0.1, 0.15) is 5.54 Å². The summed E-state index contributed by atoms with van der Waals surface area (Å²) < 4.78 is 5.61. The van der Waals surface area contributed by atoms with Crippen molar-refractivity contribution in [2.24, 2.45) is 0 Å². The number of hydrogen-bond donors (Lipinski definition) is 0. The van der Waals surface area contributed by atoms with Crippen molar-refractivity contribution in [2.75, 3.05) is 0 Å². The molecule has 0 N–H and O–H groups in total. The van der Waals surface area contributed by atoms with Crippen LogP contribution in [0.4, 0.5) is 0 Å². The molecule has 0 atom stereocenters. The van der Waals surface area contributed by atoms with Crippen molar-refractivity contribution in [1.82, 2.24) is 29.3 Å². The lowest BCUT2D eigenvalue weighted by molar-refractivity contribution is 0.451. The normalized spacial score (nSPS) is 11.5. The van der Waals surface area contributed by atoms with Crippen molar-refractivity contribution in [1.29, 1.82) is 0 Å². The van der Waals surface area contributed by atoms with E-state index in [0.29, 0.717) is 12.4 Å². The number of aryl methyl sites for hydroxylation is 1. The molecule has 254 valence electrons. The Labute approximate surface area is 303 Å². The van der Waals surface area contributed by atoms with E-state index in [-0.39, 0.29) is 5.69 Å². The van der Waals surface area contributed by atoms with Gasteiger partial charge in [0.2, 0.25) is 0 Å². The molecule has 0 saturated heterocycles. The summed E-state index contributed by atoms with van der Waals surface area (Å²) in [6.45, 7) is 2.63. The van der Waals surface area contributed by atoms with Crippen LogP contribution < -0.4 is 5.69 Å². The lowest BCUT2D eigenvalue weighted by atomic mass is 9.77. The molecule has 0 aliphatic heterocycles. The highest BCUT2D eigenvalue weighted by Crippen LogP contribution is 2.43. The molecule has 52 heavy (non-hydrogen) atoms. The monoisotopic (exact) mass is 678 g/mol. The number of rotatable bonds is 11. The minimum atomic E-state index is -0.862. The number of tetrazole rings is 1. The van der Waals surface area contributed by atoms with Gasteiger partial charge in [0, 0.05) is 17.5 Å². The number of para-hydroxylation sites is 1. The standard InChI is InChI=1S/C45H38N6O/c1-2-17-40-33-50(39-24-13-6-14-25-39)44(52)49(40)32-34-28-30-35(31-29-34)41-26-15-16-27-42(41)43-46-47-48-51(43)45(36-18-7-3-8-19-36,37-20-9-4-10-21-37)38-22-11-5-12-23-38/h3-16,18-31,33H,2,17,32H2,1H3. The predicted molar refractivity (Wildman–Crippen MR) is 206 cm³/mol. The van der Waals surface area contributed by atoms with Gasteiger partial charge < -0.3 is 0 Å². The number of hydrogen-bond acceptors (Lipinski definition) is 4. The SMILES string of the molecule is CCCc1cn(-c2ccccc2)c(=O)n1Cc1ccc(-c2ccccc2-c2nnnn2C(c2ccccc2)(c2ccccc2)c2ccccc2)cc1. The highest BCUT2D eigenvalue weighted by atomic mass is 16.1. The number of benzene rings is 6. The van der Waals surface area contributed by atoms with Crippen LogP contribution in [0.15, 0.2) is 181 Å². The summed E-state index contributed by atoms with van der Waals surface area (Å²) in [6.07, 6.45) is 3.76. The lowest BCUT2D eigenvalue weighted by Gasteiger charge is -2.36. The Morgan fingerprint density at radius 3 is 1.67 bits per heavy atom. The molecular formula is C45H38N6O. The third kappa shape index (κ3) is 5.86. The molecular weight excluding hydrogens is 641 g/mol. The molecule has 6 aromatic carbocycles. The molecule has 0 radical (unpaired) electrons. The van der Waals surface area contributed by atoms with Crippen molar-refractivity contribution in [2.45, 2.75) is 31.8 Å². The van der Waals surface area contributed by atoms with Crippen molar-refractivity contribution in [3.8, 4) is 28.2 Å². The average molecular weight is 679 g/mol. The Kier molecular flexibility index (Phi) is 8.98. The molecule has 2 aromatic heterocycles. The second kappa shape index (κ2) is 14.3. The molecule has 2 heterocycles. The molecule has 8 rings (SSSR count). The van der Waals surface area contributed by atoms with Gasteiger partial charge in [0.05, 0.1) is 12.2 Å². The summed E-state index contributed by atoms with van der Waals surface area (Å²) >= 11 is 0. The molecule has 0 aliphatic carbocycles. The lowest BCUT2D eigenvalue weighted by Crippen LogP contribution is -2.39. The van der Waals surface area contributed by atoms with Crippen LogP contribution in [-0.4, -0.2) is 29.3 Å². The second-order valence-corrected chi connectivity index (χ2v) is 12.9. The maximum atomic E-state index is 13.7. The zero-order chi connectivity index (χ0) is 35.3. The van der Waals surface area contributed by atoms with Crippen molar-refractivity contribution in [3.05, 3.63) is 214 Å². The predicted octanol–water partition coefficient (Wildman–Crippen LogP) is 8.80. The zero-order valence-electron chi connectivity index (χ0n) is 29.0. The molecule has 0 spiro atoms. The first kappa shape index (κ1) is 32.6. The van der Waals surface area contributed by atoms with Gasteiger partial charge in [-0.25, -0.2) is 9.48 Å². The molecule has 0 unspecified atom stereocenters. The third-order valence-corrected chi connectivity index (χ3v) is 9.74. The summed E-state index contributed by atoms with van der Waals surface area (Å²) in [5.74, 6) is 0.647. The fourth-order valence-electron chi connectivity index (χ4n) is 7.31. The quantitative estimate of drug-likeness (QED) is 0.128. The molecule has 0 bridgehead atoms. The van der Waals surface area contributed by atoms with Gasteiger partial charge in [-0.1, -0.05) is 171 Å². The Balaban J connectivity index is 1.21. The average Bonchev–Trinajstić information content (AvgIpc) is 3.82. The fourth-order valence-corrected chi connectivity index (χ4v) is 7.31. The van der Waals surface area contributed by atoms with Gasteiger partial charge in [-0.2, -0.15) is 0 Å². The van der Waals surface area contributed by atoms with Crippen LogP contribution in [-0.2, 0) is 18.5 Å². The molecule has 8 aromatic rings. The molecule has 0 aliphatic rings. The van der Waals surface area contributed by atoms with Crippen LogP contribution in [0.2, 0.25) is 0 Å². The van der Waals surface area contributed by atoms with Crippen molar-refractivity contribution >= 4 is 0 Å². The van der Waals surface area contributed by atoms with Gasteiger partial charge >= 0.3 is 5.69 Å². The third-order valence-electron chi connectivity index (χ3n) is 9.74. The minimum Gasteiger partial charge on any atom is -0.292 e. The minimum absolute atomic E-state index is 0.0327. The fraction of sp³-hybridized carbons (Fsp3) is 0.111. The van der Waals surface area contributed by atoms with E-state index in [4.69, 9.17) is 10.3 Å². The summed E-state index contributed by atoms with van der Waals surface area (Å²) in [7, 11) is 0. The number of aromatic nitrogens is 6. The molecule has 7 nitrogen and oxygen atoms in total. The van der Waals surface area contributed by atoms with Gasteiger partial charge in [0.15, 0.2) is 5.82 Å². The van der Waals surface area contributed by atoms with Crippen LogP contribution in [0.5, 0.6) is 0 Å². The molecule has 0 saturated carbocycles. The second-order valence-electron chi connectivity index (χ2n) is 12.9.